The van der Waals surface area contributed by atoms with Crippen molar-refractivity contribution in [2.75, 3.05) is 37.4 Å². The van der Waals surface area contributed by atoms with Gasteiger partial charge in [-0.1, -0.05) is 18.2 Å². The van der Waals surface area contributed by atoms with Gasteiger partial charge in [0.1, 0.15) is 11.2 Å². The van der Waals surface area contributed by atoms with Gasteiger partial charge in [-0.3, -0.25) is 14.2 Å². The molecule has 1 fully saturated rings. The van der Waals surface area contributed by atoms with Crippen molar-refractivity contribution in [1.82, 2.24) is 33.8 Å². The number of hydrogen-bond acceptors (Lipinski definition) is 8. The summed E-state index contributed by atoms with van der Waals surface area (Å²) < 4.78 is 4.59. The Morgan fingerprint density at radius 3 is 2.56 bits per heavy atom. The maximum Gasteiger partial charge on any atom is 0.278 e. The zero-order valence-corrected chi connectivity index (χ0v) is 23.0. The van der Waals surface area contributed by atoms with Gasteiger partial charge in [0.15, 0.2) is 11.5 Å². The van der Waals surface area contributed by atoms with E-state index in [1.807, 2.05) is 12.1 Å². The normalized spacial score (nSPS) is 15.1. The molecule has 4 aromatic heterocycles. The second kappa shape index (κ2) is 10.9. The molecule has 1 N–H and O–H groups in total. The standard InChI is InChI=1S/C30H31N9O2/c1-4-16-38-29(41)24-19-31-30(32-21-11-13-22(14-12-21)36-18-15-23(20-36)35(2)3)34-28(24)39(38)26-9-7-8-25(33-26)37-17-6-5-10-27(37)40/h4-14,17,19,23H,1,15-16,18,20H2,2-3H3,(H,31,32,34)/t23-/m0/s1. The van der Waals surface area contributed by atoms with Crippen LogP contribution in [0.5, 0.6) is 0 Å². The third-order valence-corrected chi connectivity index (χ3v) is 7.37. The lowest BCUT2D eigenvalue weighted by Crippen LogP contribution is -2.31. The highest BCUT2D eigenvalue weighted by Crippen LogP contribution is 2.25. The zero-order valence-electron chi connectivity index (χ0n) is 23.0. The first-order chi connectivity index (χ1) is 19.9. The smallest absolute Gasteiger partial charge is 0.278 e. The third kappa shape index (κ3) is 5.03. The number of benzene rings is 1. The lowest BCUT2D eigenvalue weighted by molar-refractivity contribution is 0.315. The molecule has 11 heteroatoms. The summed E-state index contributed by atoms with van der Waals surface area (Å²) in [6, 6.07) is 19.0. The van der Waals surface area contributed by atoms with Crippen LogP contribution in [0.1, 0.15) is 6.42 Å². The number of pyridine rings is 2. The summed E-state index contributed by atoms with van der Waals surface area (Å²) in [5, 5.41) is 3.61. The number of allylic oxidation sites excluding steroid dienone is 1. The predicted octanol–water partition coefficient (Wildman–Crippen LogP) is 3.20. The molecule has 1 aliphatic rings. The molecule has 1 atom stereocenters. The van der Waals surface area contributed by atoms with Gasteiger partial charge in [-0.05, 0) is 63.0 Å². The number of hydrogen-bond donors (Lipinski definition) is 1. The SMILES string of the molecule is C=CCn1c(=O)c2cnc(Nc3ccc(N4CC[C@H](N(C)C)C4)cc3)nc2n1-c1cccc(-n2ccccc2=O)n1. The van der Waals surface area contributed by atoms with Crippen LogP contribution in [0, 0.1) is 0 Å². The van der Waals surface area contributed by atoms with Crippen LogP contribution in [0.3, 0.4) is 0 Å². The van der Waals surface area contributed by atoms with Crippen LogP contribution in [-0.4, -0.2) is 67.0 Å². The molecule has 5 aromatic rings. The molecular formula is C30H31N9O2. The molecule has 1 saturated heterocycles. The van der Waals surface area contributed by atoms with Crippen molar-refractivity contribution in [1.29, 1.82) is 0 Å². The minimum absolute atomic E-state index is 0.208. The van der Waals surface area contributed by atoms with Crippen LogP contribution in [0.25, 0.3) is 22.7 Å². The molecule has 0 amide bonds. The second-order valence-corrected chi connectivity index (χ2v) is 10.2. The summed E-state index contributed by atoms with van der Waals surface area (Å²) in [7, 11) is 4.25. The van der Waals surface area contributed by atoms with Gasteiger partial charge in [-0.25, -0.2) is 19.3 Å². The van der Waals surface area contributed by atoms with E-state index in [1.165, 1.54) is 27.2 Å². The maximum absolute atomic E-state index is 13.3. The highest BCUT2D eigenvalue weighted by atomic mass is 16.1. The van der Waals surface area contributed by atoms with E-state index in [2.05, 4.69) is 52.9 Å². The largest absolute Gasteiger partial charge is 0.370 e. The summed E-state index contributed by atoms with van der Waals surface area (Å²) in [5.74, 6) is 1.21. The van der Waals surface area contributed by atoms with Gasteiger partial charge in [-0.2, -0.15) is 4.98 Å². The van der Waals surface area contributed by atoms with Crippen molar-refractivity contribution in [2.45, 2.75) is 19.0 Å². The van der Waals surface area contributed by atoms with Crippen molar-refractivity contribution < 1.29 is 0 Å². The summed E-state index contributed by atoms with van der Waals surface area (Å²) in [6.45, 7) is 6.08. The van der Waals surface area contributed by atoms with Gasteiger partial charge >= 0.3 is 0 Å². The molecule has 6 rings (SSSR count). The van der Waals surface area contributed by atoms with Crippen molar-refractivity contribution in [3.8, 4) is 11.6 Å². The highest BCUT2D eigenvalue weighted by Gasteiger charge is 2.24. The Labute approximate surface area is 236 Å². The molecule has 0 saturated carbocycles. The molecule has 41 heavy (non-hydrogen) atoms. The molecule has 0 aliphatic carbocycles. The zero-order chi connectivity index (χ0) is 28.5. The minimum Gasteiger partial charge on any atom is -0.370 e. The fourth-order valence-electron chi connectivity index (χ4n) is 5.17. The first kappa shape index (κ1) is 26.2. The Hall–Kier alpha value is -5.03. The summed E-state index contributed by atoms with van der Waals surface area (Å²) in [4.78, 5) is 44.3. The number of nitrogens with zero attached hydrogens (tertiary/aromatic N) is 8. The van der Waals surface area contributed by atoms with Gasteiger partial charge in [0.05, 0.1) is 6.54 Å². The van der Waals surface area contributed by atoms with Gasteiger partial charge < -0.3 is 15.1 Å². The molecular weight excluding hydrogens is 518 g/mol. The second-order valence-electron chi connectivity index (χ2n) is 10.2. The Bertz CT molecular complexity index is 1840. The van der Waals surface area contributed by atoms with Crippen LogP contribution in [-0.2, 0) is 6.54 Å². The monoisotopic (exact) mass is 549 g/mol. The van der Waals surface area contributed by atoms with E-state index in [1.54, 1.807) is 47.3 Å². The first-order valence-electron chi connectivity index (χ1n) is 13.5. The van der Waals surface area contributed by atoms with Gasteiger partial charge in [-0.15, -0.1) is 6.58 Å². The first-order valence-corrected chi connectivity index (χ1v) is 13.5. The molecule has 11 nitrogen and oxygen atoms in total. The number of nitrogens with one attached hydrogen (secondary N) is 1. The predicted molar refractivity (Wildman–Crippen MR) is 161 cm³/mol. The topological polar surface area (TPSA) is 106 Å². The molecule has 0 radical (unpaired) electrons. The van der Waals surface area contributed by atoms with Crippen LogP contribution in [0.2, 0.25) is 0 Å². The van der Waals surface area contributed by atoms with Crippen LogP contribution in [0.4, 0.5) is 17.3 Å². The Balaban J connectivity index is 1.35. The minimum atomic E-state index is -0.262. The number of anilines is 3. The lowest BCUT2D eigenvalue weighted by atomic mass is 10.2. The van der Waals surface area contributed by atoms with E-state index in [0.717, 1.165) is 25.2 Å². The molecule has 1 aliphatic heterocycles. The van der Waals surface area contributed by atoms with Crippen molar-refractivity contribution in [2.24, 2.45) is 0 Å². The summed E-state index contributed by atoms with van der Waals surface area (Å²) in [6.07, 6.45) is 5.96. The third-order valence-electron chi connectivity index (χ3n) is 7.37. The van der Waals surface area contributed by atoms with Gasteiger partial charge in [0.25, 0.3) is 11.1 Å². The van der Waals surface area contributed by atoms with E-state index in [-0.39, 0.29) is 17.7 Å². The number of likely N-dealkylation sites (N-methyl/N-ethyl adjacent to an activating group) is 1. The molecule has 1 aromatic carbocycles. The molecule has 0 unspecified atom stereocenters. The fraction of sp³-hybridized carbons (Fsp3) is 0.233. The summed E-state index contributed by atoms with van der Waals surface area (Å²) >= 11 is 0. The highest BCUT2D eigenvalue weighted by molar-refractivity contribution is 5.77. The summed E-state index contributed by atoms with van der Waals surface area (Å²) in [5.41, 5.74) is 1.93. The average Bonchev–Trinajstić information content (AvgIpc) is 3.58. The van der Waals surface area contributed by atoms with E-state index in [4.69, 9.17) is 9.97 Å². The van der Waals surface area contributed by atoms with Crippen LogP contribution in [0.15, 0.2) is 95.3 Å². The van der Waals surface area contributed by atoms with E-state index < -0.39 is 0 Å². The Kier molecular flexibility index (Phi) is 6.94. The number of aromatic nitrogens is 6. The van der Waals surface area contributed by atoms with E-state index in [0.29, 0.717) is 34.7 Å². The molecule has 0 spiro atoms. The molecule has 208 valence electrons. The van der Waals surface area contributed by atoms with Gasteiger partial charge in [0.2, 0.25) is 5.95 Å². The number of fused-ring (bicyclic) bond motifs is 1. The van der Waals surface area contributed by atoms with Crippen molar-refractivity contribution in [3.05, 3.63) is 106 Å². The quantitative estimate of drug-likeness (QED) is 0.294. The van der Waals surface area contributed by atoms with E-state index in [9.17, 15) is 9.59 Å². The molecule has 0 bridgehead atoms. The maximum atomic E-state index is 13.3. The van der Waals surface area contributed by atoms with Crippen LogP contribution >= 0.6 is 0 Å². The van der Waals surface area contributed by atoms with Gasteiger partial charge in [0, 0.05) is 49.0 Å². The fourth-order valence-corrected chi connectivity index (χ4v) is 5.17. The molecule has 5 heterocycles. The average molecular weight is 550 g/mol. The van der Waals surface area contributed by atoms with E-state index >= 15 is 0 Å². The number of rotatable bonds is 8. The Morgan fingerprint density at radius 2 is 1.83 bits per heavy atom. The van der Waals surface area contributed by atoms with Crippen molar-refractivity contribution >= 4 is 28.4 Å². The van der Waals surface area contributed by atoms with Crippen molar-refractivity contribution in [3.63, 3.8) is 0 Å². The Morgan fingerprint density at radius 1 is 1.02 bits per heavy atom. The lowest BCUT2D eigenvalue weighted by Gasteiger charge is -2.22. The van der Waals surface area contributed by atoms with Crippen LogP contribution < -0.4 is 21.3 Å².